The summed E-state index contributed by atoms with van der Waals surface area (Å²) in [7, 11) is 0. The molecule has 0 bridgehead atoms. The summed E-state index contributed by atoms with van der Waals surface area (Å²) in [5.41, 5.74) is 2.59. The number of hydrogen-bond acceptors (Lipinski definition) is 5. The number of allylic oxidation sites excluding steroid dienone is 1. The molecule has 1 atom stereocenters. The van der Waals surface area contributed by atoms with Crippen LogP contribution in [0.1, 0.15) is 6.92 Å². The highest BCUT2D eigenvalue weighted by Gasteiger charge is 2.20. The van der Waals surface area contributed by atoms with Gasteiger partial charge in [0.1, 0.15) is 0 Å². The second-order valence-corrected chi connectivity index (χ2v) is 7.97. The first kappa shape index (κ1) is 19.7. The van der Waals surface area contributed by atoms with E-state index >= 15 is 0 Å². The van der Waals surface area contributed by atoms with Crippen molar-refractivity contribution in [1.29, 1.82) is 0 Å². The summed E-state index contributed by atoms with van der Waals surface area (Å²) in [6.45, 7) is 6.16. The fourth-order valence-electron chi connectivity index (χ4n) is 3.04. The molecule has 3 N–H and O–H groups in total. The van der Waals surface area contributed by atoms with Crippen LogP contribution in [0.2, 0.25) is 0 Å². The minimum atomic E-state index is -0.414. The van der Waals surface area contributed by atoms with Crippen molar-refractivity contribution in [3.63, 3.8) is 0 Å². The SMILES string of the molecule is C=CCn1c(SC(C)C(=O)Nc2ccc3[nH]c(=O)[nH]c3c2)nnc1-c1ccccc1. The van der Waals surface area contributed by atoms with Gasteiger partial charge in [0.2, 0.25) is 5.91 Å². The van der Waals surface area contributed by atoms with Crippen LogP contribution in [0.4, 0.5) is 5.69 Å². The quantitative estimate of drug-likeness (QED) is 0.314. The Labute approximate surface area is 176 Å². The molecular formula is C21H20N6O2S. The maximum atomic E-state index is 12.7. The Bertz CT molecular complexity index is 1260. The third kappa shape index (κ3) is 4.06. The van der Waals surface area contributed by atoms with Crippen LogP contribution in [-0.2, 0) is 11.3 Å². The van der Waals surface area contributed by atoms with Gasteiger partial charge in [-0.05, 0) is 25.1 Å². The van der Waals surface area contributed by atoms with Gasteiger partial charge in [0.15, 0.2) is 11.0 Å². The molecule has 0 aliphatic heterocycles. The van der Waals surface area contributed by atoms with Crippen LogP contribution in [0.25, 0.3) is 22.4 Å². The number of fused-ring (bicyclic) bond motifs is 1. The Hall–Kier alpha value is -3.59. The molecule has 152 valence electrons. The number of aromatic amines is 2. The van der Waals surface area contributed by atoms with Crippen LogP contribution in [0.15, 0.2) is 71.1 Å². The predicted molar refractivity (Wildman–Crippen MR) is 119 cm³/mol. The van der Waals surface area contributed by atoms with Gasteiger partial charge in [-0.1, -0.05) is 48.2 Å². The standard InChI is InChI=1S/C21H20N6O2S/c1-3-11-27-18(14-7-5-4-6-8-14)25-26-21(27)30-13(2)19(28)22-15-9-10-16-17(12-15)24-20(29)23-16/h3-10,12-13H,1,11H2,2H3,(H,22,28)(H2,23,24,29). The largest absolute Gasteiger partial charge is 0.325 e. The molecule has 0 radical (unpaired) electrons. The number of anilines is 1. The lowest BCUT2D eigenvalue weighted by molar-refractivity contribution is -0.115. The number of carbonyl (C=O) groups excluding carboxylic acids is 1. The Balaban J connectivity index is 1.51. The summed E-state index contributed by atoms with van der Waals surface area (Å²) in [5.74, 6) is 0.555. The number of hydrogen-bond donors (Lipinski definition) is 3. The molecule has 0 saturated heterocycles. The first-order chi connectivity index (χ1) is 14.5. The van der Waals surface area contributed by atoms with E-state index in [4.69, 9.17) is 0 Å². The Morgan fingerprint density at radius 1 is 1.20 bits per heavy atom. The van der Waals surface area contributed by atoms with Crippen LogP contribution in [0, 0.1) is 0 Å². The van der Waals surface area contributed by atoms with Gasteiger partial charge in [-0.2, -0.15) is 0 Å². The summed E-state index contributed by atoms with van der Waals surface area (Å²) >= 11 is 1.33. The van der Waals surface area contributed by atoms with Crippen molar-refractivity contribution in [2.75, 3.05) is 5.32 Å². The molecule has 2 aromatic carbocycles. The molecule has 2 aromatic heterocycles. The molecule has 2 heterocycles. The van der Waals surface area contributed by atoms with Gasteiger partial charge < -0.3 is 15.3 Å². The first-order valence-electron chi connectivity index (χ1n) is 9.34. The number of H-pyrrole nitrogens is 2. The van der Waals surface area contributed by atoms with Gasteiger partial charge >= 0.3 is 5.69 Å². The van der Waals surface area contributed by atoms with Crippen LogP contribution in [0.5, 0.6) is 0 Å². The van der Waals surface area contributed by atoms with E-state index in [1.54, 1.807) is 24.3 Å². The number of nitrogens with one attached hydrogen (secondary N) is 3. The molecule has 0 aliphatic carbocycles. The van der Waals surface area contributed by atoms with Crippen LogP contribution in [0.3, 0.4) is 0 Å². The van der Waals surface area contributed by atoms with E-state index in [2.05, 4.69) is 32.1 Å². The molecule has 9 heteroatoms. The Morgan fingerprint density at radius 3 is 2.73 bits per heavy atom. The zero-order chi connectivity index (χ0) is 21.1. The highest BCUT2D eigenvalue weighted by Crippen LogP contribution is 2.27. The number of benzene rings is 2. The molecular weight excluding hydrogens is 400 g/mol. The highest BCUT2D eigenvalue weighted by molar-refractivity contribution is 8.00. The topological polar surface area (TPSA) is 108 Å². The maximum Gasteiger partial charge on any atom is 0.323 e. The molecule has 8 nitrogen and oxygen atoms in total. The number of aromatic nitrogens is 5. The number of imidazole rings is 1. The summed E-state index contributed by atoms with van der Waals surface area (Å²) in [4.78, 5) is 29.5. The molecule has 1 amide bonds. The average Bonchev–Trinajstić information content (AvgIpc) is 3.31. The van der Waals surface area contributed by atoms with E-state index in [0.717, 1.165) is 11.4 Å². The van der Waals surface area contributed by atoms with Crippen LogP contribution in [-0.4, -0.2) is 35.9 Å². The number of amides is 1. The van der Waals surface area contributed by atoms with Gasteiger partial charge in [0.25, 0.3) is 0 Å². The van der Waals surface area contributed by atoms with Gasteiger partial charge in [0.05, 0.1) is 16.3 Å². The van der Waals surface area contributed by atoms with E-state index in [9.17, 15) is 9.59 Å². The molecule has 30 heavy (non-hydrogen) atoms. The third-order valence-electron chi connectivity index (χ3n) is 4.50. The number of carbonyl (C=O) groups is 1. The molecule has 1 unspecified atom stereocenters. The second kappa shape index (κ2) is 8.42. The van der Waals surface area contributed by atoms with Crippen LogP contribution >= 0.6 is 11.8 Å². The van der Waals surface area contributed by atoms with Crippen molar-refractivity contribution in [3.05, 3.63) is 71.7 Å². The average molecular weight is 420 g/mol. The van der Waals surface area contributed by atoms with E-state index in [0.29, 0.717) is 28.4 Å². The molecule has 0 aliphatic rings. The van der Waals surface area contributed by atoms with Crippen molar-refractivity contribution < 1.29 is 4.79 Å². The highest BCUT2D eigenvalue weighted by atomic mass is 32.2. The Morgan fingerprint density at radius 2 is 1.97 bits per heavy atom. The number of nitrogens with zero attached hydrogens (tertiary/aromatic N) is 3. The molecule has 0 saturated carbocycles. The summed E-state index contributed by atoms with van der Waals surface area (Å²) in [6.07, 6.45) is 1.78. The van der Waals surface area contributed by atoms with Gasteiger partial charge in [-0.3, -0.25) is 9.36 Å². The lowest BCUT2D eigenvalue weighted by Gasteiger charge is -2.13. The monoisotopic (exact) mass is 420 g/mol. The lowest BCUT2D eigenvalue weighted by atomic mass is 10.2. The molecule has 4 rings (SSSR count). The van der Waals surface area contributed by atoms with Crippen molar-refractivity contribution in [1.82, 2.24) is 24.7 Å². The van der Waals surface area contributed by atoms with Crippen molar-refractivity contribution in [2.45, 2.75) is 23.9 Å². The van der Waals surface area contributed by atoms with E-state index < -0.39 is 5.25 Å². The molecule has 0 fully saturated rings. The molecule has 0 spiro atoms. The minimum Gasteiger partial charge on any atom is -0.325 e. The van der Waals surface area contributed by atoms with E-state index in [1.807, 2.05) is 41.8 Å². The summed E-state index contributed by atoms with van der Waals surface area (Å²) < 4.78 is 1.94. The third-order valence-corrected chi connectivity index (χ3v) is 5.58. The first-order valence-corrected chi connectivity index (χ1v) is 10.2. The Kier molecular flexibility index (Phi) is 5.53. The lowest BCUT2D eigenvalue weighted by Crippen LogP contribution is -2.23. The smallest absolute Gasteiger partial charge is 0.323 e. The van der Waals surface area contributed by atoms with Crippen molar-refractivity contribution >= 4 is 34.4 Å². The van der Waals surface area contributed by atoms with Gasteiger partial charge in [-0.15, -0.1) is 16.8 Å². The zero-order valence-electron chi connectivity index (χ0n) is 16.3. The summed E-state index contributed by atoms with van der Waals surface area (Å²) in [5, 5.41) is 11.7. The van der Waals surface area contributed by atoms with E-state index in [-0.39, 0.29) is 11.6 Å². The number of rotatable bonds is 7. The van der Waals surface area contributed by atoms with Gasteiger partial charge in [0, 0.05) is 17.8 Å². The summed E-state index contributed by atoms with van der Waals surface area (Å²) in [6, 6.07) is 15.0. The van der Waals surface area contributed by atoms with E-state index in [1.165, 1.54) is 11.8 Å². The fraction of sp³-hybridized carbons (Fsp3) is 0.143. The van der Waals surface area contributed by atoms with Gasteiger partial charge in [-0.25, -0.2) is 4.79 Å². The molecule has 4 aromatic rings. The second-order valence-electron chi connectivity index (χ2n) is 6.66. The van der Waals surface area contributed by atoms with Crippen molar-refractivity contribution in [2.24, 2.45) is 0 Å². The minimum absolute atomic E-state index is 0.174. The van der Waals surface area contributed by atoms with Crippen molar-refractivity contribution in [3.8, 4) is 11.4 Å². The zero-order valence-corrected chi connectivity index (χ0v) is 17.1. The number of thioether (sulfide) groups is 1. The normalized spacial score (nSPS) is 12.0. The maximum absolute atomic E-state index is 12.7. The predicted octanol–water partition coefficient (Wildman–Crippen LogP) is 3.42. The van der Waals surface area contributed by atoms with Crippen LogP contribution < -0.4 is 11.0 Å². The fourth-order valence-corrected chi connectivity index (χ4v) is 3.89.